The van der Waals surface area contributed by atoms with Gasteiger partial charge in [0.2, 0.25) is 11.8 Å². The Morgan fingerprint density at radius 1 is 0.923 bits per heavy atom. The minimum absolute atomic E-state index is 0.0386. The molecule has 0 radical (unpaired) electrons. The molecule has 0 aliphatic carbocycles. The Hall–Kier alpha value is -3.85. The van der Waals surface area contributed by atoms with Crippen LogP contribution in [0.2, 0.25) is 0 Å². The number of rotatable bonds is 12. The zero-order valence-electron chi connectivity index (χ0n) is 23.1. The van der Waals surface area contributed by atoms with Crippen molar-refractivity contribution in [2.45, 2.75) is 57.6 Å². The largest absolute Gasteiger partial charge is 0.495 e. The molecule has 39 heavy (non-hydrogen) atoms. The molecule has 0 aliphatic heterocycles. The minimum atomic E-state index is -4.16. The first kappa shape index (κ1) is 29.7. The molecule has 0 unspecified atom stereocenters. The summed E-state index contributed by atoms with van der Waals surface area (Å²) in [6.45, 7) is 7.07. The fraction of sp³-hybridized carbons (Fsp3) is 0.333. The predicted octanol–water partition coefficient (Wildman–Crippen LogP) is 4.53. The van der Waals surface area contributed by atoms with Crippen molar-refractivity contribution in [3.63, 3.8) is 0 Å². The average Bonchev–Trinajstić information content (AvgIpc) is 2.95. The number of ether oxygens (including phenoxy) is 1. The summed E-state index contributed by atoms with van der Waals surface area (Å²) in [6.07, 6.45) is 0.737. The maximum absolute atomic E-state index is 14.0. The summed E-state index contributed by atoms with van der Waals surface area (Å²) in [5.41, 5.74) is 2.05. The number of sulfonamides is 1. The summed E-state index contributed by atoms with van der Waals surface area (Å²) in [7, 11) is -2.72. The molecule has 3 aromatic rings. The van der Waals surface area contributed by atoms with E-state index in [1.54, 1.807) is 49.4 Å². The fourth-order valence-electron chi connectivity index (χ4n) is 4.09. The Morgan fingerprint density at radius 2 is 1.54 bits per heavy atom. The Balaban J connectivity index is 2.06. The van der Waals surface area contributed by atoms with Crippen molar-refractivity contribution in [2.24, 2.45) is 0 Å². The van der Waals surface area contributed by atoms with Gasteiger partial charge in [-0.25, -0.2) is 8.42 Å². The topological polar surface area (TPSA) is 96.0 Å². The molecule has 0 aliphatic rings. The third kappa shape index (κ3) is 7.17. The highest BCUT2D eigenvalue weighted by molar-refractivity contribution is 7.92. The van der Waals surface area contributed by atoms with Crippen LogP contribution in [0.25, 0.3) is 0 Å². The first-order chi connectivity index (χ1) is 18.6. The average molecular weight is 552 g/mol. The quantitative estimate of drug-likeness (QED) is 0.357. The summed E-state index contributed by atoms with van der Waals surface area (Å²) in [5.74, 6) is -0.519. The Morgan fingerprint density at radius 3 is 2.18 bits per heavy atom. The predicted molar refractivity (Wildman–Crippen MR) is 153 cm³/mol. The molecule has 0 fully saturated rings. The number of carbonyl (C=O) groups is 2. The van der Waals surface area contributed by atoms with E-state index < -0.39 is 28.5 Å². The van der Waals surface area contributed by atoms with E-state index in [0.29, 0.717) is 5.75 Å². The van der Waals surface area contributed by atoms with Crippen LogP contribution in [-0.4, -0.2) is 50.9 Å². The van der Waals surface area contributed by atoms with E-state index in [1.165, 1.54) is 24.1 Å². The molecular weight excluding hydrogens is 514 g/mol. The summed E-state index contributed by atoms with van der Waals surface area (Å²) >= 11 is 0. The van der Waals surface area contributed by atoms with E-state index in [1.807, 2.05) is 45.0 Å². The van der Waals surface area contributed by atoms with Crippen molar-refractivity contribution in [1.82, 2.24) is 10.2 Å². The van der Waals surface area contributed by atoms with E-state index in [4.69, 9.17) is 4.74 Å². The second-order valence-electron chi connectivity index (χ2n) is 9.44. The summed E-state index contributed by atoms with van der Waals surface area (Å²) in [6, 6.07) is 21.3. The van der Waals surface area contributed by atoms with Crippen molar-refractivity contribution in [3.8, 4) is 5.75 Å². The number of nitrogens with zero attached hydrogens (tertiary/aromatic N) is 2. The molecule has 3 aromatic carbocycles. The molecule has 208 valence electrons. The summed E-state index contributed by atoms with van der Waals surface area (Å²) in [4.78, 5) is 28.6. The van der Waals surface area contributed by atoms with E-state index in [9.17, 15) is 18.0 Å². The number of para-hydroxylation sites is 2. The van der Waals surface area contributed by atoms with Gasteiger partial charge < -0.3 is 15.0 Å². The number of carbonyl (C=O) groups excluding carboxylic acids is 2. The number of nitrogens with one attached hydrogen (secondary N) is 1. The number of hydrogen-bond donors (Lipinski definition) is 1. The number of aryl methyl sites for hydroxylation is 1. The smallest absolute Gasteiger partial charge is 0.264 e. The van der Waals surface area contributed by atoms with Crippen LogP contribution in [0.5, 0.6) is 5.75 Å². The molecular formula is C30H37N3O5S. The first-order valence-electron chi connectivity index (χ1n) is 12.9. The SMILES string of the molecule is CC[C@H](C)NC(=O)[C@@H](C)N(Cc1ccccc1C)C(=O)CN(c1ccccc1OC)S(=O)(=O)c1ccccc1. The van der Waals surface area contributed by atoms with Crippen LogP contribution in [-0.2, 0) is 26.2 Å². The zero-order valence-corrected chi connectivity index (χ0v) is 23.9. The molecule has 8 nitrogen and oxygen atoms in total. The van der Waals surface area contributed by atoms with Gasteiger partial charge in [-0.1, -0.05) is 61.5 Å². The Bertz CT molecular complexity index is 1380. The van der Waals surface area contributed by atoms with Crippen molar-refractivity contribution < 1.29 is 22.7 Å². The summed E-state index contributed by atoms with van der Waals surface area (Å²) in [5, 5.41) is 2.94. The van der Waals surface area contributed by atoms with Crippen LogP contribution in [0.3, 0.4) is 0 Å². The third-order valence-electron chi connectivity index (χ3n) is 6.73. The lowest BCUT2D eigenvalue weighted by atomic mass is 10.1. The Kier molecular flexibility index (Phi) is 10.1. The van der Waals surface area contributed by atoms with Crippen molar-refractivity contribution >= 4 is 27.5 Å². The lowest BCUT2D eigenvalue weighted by Crippen LogP contribution is -2.52. The van der Waals surface area contributed by atoms with Gasteiger partial charge in [0.15, 0.2) is 0 Å². The number of amides is 2. The van der Waals surface area contributed by atoms with Gasteiger partial charge in [0.1, 0.15) is 18.3 Å². The number of benzene rings is 3. The number of hydrogen-bond acceptors (Lipinski definition) is 5. The van der Waals surface area contributed by atoms with Crippen LogP contribution < -0.4 is 14.4 Å². The van der Waals surface area contributed by atoms with Crippen LogP contribution in [0.4, 0.5) is 5.69 Å². The first-order valence-corrected chi connectivity index (χ1v) is 14.4. The van der Waals surface area contributed by atoms with E-state index in [2.05, 4.69) is 5.32 Å². The highest BCUT2D eigenvalue weighted by Gasteiger charge is 2.34. The second-order valence-corrected chi connectivity index (χ2v) is 11.3. The van der Waals surface area contributed by atoms with E-state index in [0.717, 1.165) is 21.9 Å². The minimum Gasteiger partial charge on any atom is -0.495 e. The maximum Gasteiger partial charge on any atom is 0.264 e. The van der Waals surface area contributed by atoms with E-state index in [-0.39, 0.29) is 29.1 Å². The standard InChI is InChI=1S/C30H37N3O5S/c1-6-23(3)31-30(35)24(4)32(20-25-15-11-10-14-22(25)2)29(34)21-33(27-18-12-13-19-28(27)38-5)39(36,37)26-16-8-7-9-17-26/h7-19,23-24H,6,20-21H2,1-5H3,(H,31,35)/t23-,24+/m0/s1. The maximum atomic E-state index is 14.0. The summed E-state index contributed by atoms with van der Waals surface area (Å²) < 4.78 is 34.3. The third-order valence-corrected chi connectivity index (χ3v) is 8.51. The molecule has 0 bridgehead atoms. The molecule has 0 heterocycles. The van der Waals surface area contributed by atoms with Crippen molar-refractivity contribution in [2.75, 3.05) is 18.0 Å². The van der Waals surface area contributed by atoms with Gasteiger partial charge in [-0.2, -0.15) is 0 Å². The highest BCUT2D eigenvalue weighted by Crippen LogP contribution is 2.32. The monoisotopic (exact) mass is 551 g/mol. The fourth-order valence-corrected chi connectivity index (χ4v) is 5.53. The second kappa shape index (κ2) is 13.3. The molecule has 2 atom stereocenters. The molecule has 0 aromatic heterocycles. The molecule has 2 amide bonds. The molecule has 9 heteroatoms. The van der Waals surface area contributed by atoms with Crippen LogP contribution in [0.15, 0.2) is 83.8 Å². The lowest BCUT2D eigenvalue weighted by molar-refractivity contribution is -0.139. The molecule has 0 saturated carbocycles. The van der Waals surface area contributed by atoms with Gasteiger partial charge in [-0.05, 0) is 62.6 Å². The Labute approximate surface area is 231 Å². The van der Waals surface area contributed by atoms with E-state index >= 15 is 0 Å². The van der Waals surface area contributed by atoms with Gasteiger partial charge >= 0.3 is 0 Å². The van der Waals surface area contributed by atoms with Crippen LogP contribution in [0, 0.1) is 6.92 Å². The number of anilines is 1. The van der Waals surface area contributed by atoms with Crippen LogP contribution >= 0.6 is 0 Å². The van der Waals surface area contributed by atoms with Crippen molar-refractivity contribution in [3.05, 3.63) is 90.0 Å². The zero-order chi connectivity index (χ0) is 28.6. The van der Waals surface area contributed by atoms with Crippen LogP contribution in [0.1, 0.15) is 38.3 Å². The lowest BCUT2D eigenvalue weighted by Gasteiger charge is -2.33. The van der Waals surface area contributed by atoms with Crippen molar-refractivity contribution in [1.29, 1.82) is 0 Å². The van der Waals surface area contributed by atoms with Gasteiger partial charge in [-0.3, -0.25) is 13.9 Å². The highest BCUT2D eigenvalue weighted by atomic mass is 32.2. The van der Waals surface area contributed by atoms with Gasteiger partial charge in [0.05, 0.1) is 17.7 Å². The molecule has 3 rings (SSSR count). The molecule has 0 spiro atoms. The number of methoxy groups -OCH3 is 1. The van der Waals surface area contributed by atoms with Gasteiger partial charge in [-0.15, -0.1) is 0 Å². The molecule has 0 saturated heterocycles. The van der Waals surface area contributed by atoms with Gasteiger partial charge in [0, 0.05) is 12.6 Å². The normalized spacial score (nSPS) is 12.7. The van der Waals surface area contributed by atoms with Gasteiger partial charge in [0.25, 0.3) is 10.0 Å². The molecule has 1 N–H and O–H groups in total.